The predicted molar refractivity (Wildman–Crippen MR) is 53.7 cm³/mol. The molecule has 0 aromatic carbocycles. The van der Waals surface area contributed by atoms with E-state index in [1.54, 1.807) is 12.2 Å². The summed E-state index contributed by atoms with van der Waals surface area (Å²) in [7, 11) is 0. The molecule has 0 spiro atoms. The SMILES string of the molecule is NC(=O)CC=Cc1cnc(N)c(N)n1. The zero-order valence-corrected chi connectivity index (χ0v) is 7.47. The molecule has 0 atom stereocenters. The molecule has 0 fully saturated rings. The molecule has 0 saturated heterocycles. The molecule has 6 heteroatoms. The summed E-state index contributed by atoms with van der Waals surface area (Å²) in [6.07, 6.45) is 4.81. The lowest BCUT2D eigenvalue weighted by atomic mass is 10.3. The molecule has 0 aliphatic rings. The second-order valence-electron chi connectivity index (χ2n) is 2.64. The zero-order chi connectivity index (χ0) is 10.6. The van der Waals surface area contributed by atoms with Crippen molar-refractivity contribution in [2.24, 2.45) is 5.73 Å². The van der Waals surface area contributed by atoms with Gasteiger partial charge in [-0.3, -0.25) is 4.79 Å². The molecule has 1 rings (SSSR count). The van der Waals surface area contributed by atoms with Crippen LogP contribution in [0.3, 0.4) is 0 Å². The van der Waals surface area contributed by atoms with Crippen molar-refractivity contribution in [2.75, 3.05) is 11.5 Å². The monoisotopic (exact) mass is 193 g/mol. The van der Waals surface area contributed by atoms with E-state index in [1.165, 1.54) is 6.20 Å². The fourth-order valence-corrected chi connectivity index (χ4v) is 0.803. The number of nitrogens with two attached hydrogens (primary N) is 3. The van der Waals surface area contributed by atoms with Gasteiger partial charge in [-0.05, 0) is 6.08 Å². The van der Waals surface area contributed by atoms with E-state index in [4.69, 9.17) is 17.2 Å². The Morgan fingerprint density at radius 1 is 1.43 bits per heavy atom. The molecule has 0 saturated carbocycles. The van der Waals surface area contributed by atoms with Gasteiger partial charge in [-0.15, -0.1) is 0 Å². The normalized spacial score (nSPS) is 10.6. The molecular weight excluding hydrogens is 182 g/mol. The Balaban J connectivity index is 2.73. The lowest BCUT2D eigenvalue weighted by molar-refractivity contribution is -0.117. The minimum atomic E-state index is -0.405. The van der Waals surface area contributed by atoms with E-state index in [1.807, 2.05) is 0 Å². The van der Waals surface area contributed by atoms with Crippen LogP contribution in [0.15, 0.2) is 12.3 Å². The number of rotatable bonds is 3. The van der Waals surface area contributed by atoms with Gasteiger partial charge in [0, 0.05) is 6.42 Å². The molecule has 0 aliphatic carbocycles. The minimum absolute atomic E-state index is 0.159. The van der Waals surface area contributed by atoms with Crippen LogP contribution in [0.5, 0.6) is 0 Å². The van der Waals surface area contributed by atoms with Crippen molar-refractivity contribution in [3.05, 3.63) is 18.0 Å². The lowest BCUT2D eigenvalue weighted by Gasteiger charge is -1.97. The average Bonchev–Trinajstić information content (AvgIpc) is 2.10. The van der Waals surface area contributed by atoms with Gasteiger partial charge in [0.1, 0.15) is 0 Å². The largest absolute Gasteiger partial charge is 0.381 e. The molecule has 14 heavy (non-hydrogen) atoms. The van der Waals surface area contributed by atoms with Crippen LogP contribution in [-0.4, -0.2) is 15.9 Å². The second-order valence-corrected chi connectivity index (χ2v) is 2.64. The first-order chi connectivity index (χ1) is 6.59. The van der Waals surface area contributed by atoms with Crippen molar-refractivity contribution in [1.29, 1.82) is 0 Å². The molecule has 0 radical (unpaired) electrons. The van der Waals surface area contributed by atoms with Gasteiger partial charge < -0.3 is 17.2 Å². The van der Waals surface area contributed by atoms with Crippen molar-refractivity contribution < 1.29 is 4.79 Å². The maximum absolute atomic E-state index is 10.4. The highest BCUT2D eigenvalue weighted by atomic mass is 16.1. The molecule has 1 aromatic rings. The van der Waals surface area contributed by atoms with Gasteiger partial charge in [-0.25, -0.2) is 9.97 Å². The van der Waals surface area contributed by atoms with Crippen molar-refractivity contribution in [2.45, 2.75) is 6.42 Å². The lowest BCUT2D eigenvalue weighted by Crippen LogP contribution is -2.08. The van der Waals surface area contributed by atoms with Crippen LogP contribution in [0.2, 0.25) is 0 Å². The van der Waals surface area contributed by atoms with Crippen LogP contribution < -0.4 is 17.2 Å². The maximum Gasteiger partial charge on any atom is 0.221 e. The Bertz CT molecular complexity index is 374. The molecule has 6 nitrogen and oxygen atoms in total. The van der Waals surface area contributed by atoms with Gasteiger partial charge in [0.05, 0.1) is 11.9 Å². The molecule has 74 valence electrons. The molecule has 0 aliphatic heterocycles. The highest BCUT2D eigenvalue weighted by Gasteiger charge is 1.97. The van der Waals surface area contributed by atoms with Gasteiger partial charge in [0.15, 0.2) is 11.6 Å². The number of nitrogens with zero attached hydrogens (tertiary/aromatic N) is 2. The fraction of sp³-hybridized carbons (Fsp3) is 0.125. The van der Waals surface area contributed by atoms with E-state index < -0.39 is 5.91 Å². The smallest absolute Gasteiger partial charge is 0.221 e. The molecule has 6 N–H and O–H groups in total. The fourth-order valence-electron chi connectivity index (χ4n) is 0.803. The highest BCUT2D eigenvalue weighted by Crippen LogP contribution is 2.08. The number of nitrogen functional groups attached to an aromatic ring is 2. The van der Waals surface area contributed by atoms with Crippen LogP contribution >= 0.6 is 0 Å². The summed E-state index contributed by atoms with van der Waals surface area (Å²) in [4.78, 5) is 18.1. The summed E-state index contributed by atoms with van der Waals surface area (Å²) in [5, 5.41) is 0. The van der Waals surface area contributed by atoms with Gasteiger partial charge in [0.25, 0.3) is 0 Å². The maximum atomic E-state index is 10.4. The summed E-state index contributed by atoms with van der Waals surface area (Å²) in [6.45, 7) is 0. The second kappa shape index (κ2) is 4.22. The van der Waals surface area contributed by atoms with Gasteiger partial charge >= 0.3 is 0 Å². The molecule has 1 amide bonds. The highest BCUT2D eigenvalue weighted by molar-refractivity contribution is 5.76. The summed E-state index contributed by atoms with van der Waals surface area (Å²) in [5.41, 5.74) is 16.3. The summed E-state index contributed by atoms with van der Waals surface area (Å²) in [6, 6.07) is 0. The number of carbonyl (C=O) groups is 1. The summed E-state index contributed by atoms with van der Waals surface area (Å²) < 4.78 is 0. The third-order valence-corrected chi connectivity index (χ3v) is 1.46. The predicted octanol–water partition coefficient (Wildman–Crippen LogP) is -0.470. The standard InChI is InChI=1S/C8H11N5O/c9-6(14)3-1-2-5-4-12-7(10)8(11)13-5/h1-2,4H,3H2,(H2,9,14)(H2,10,12)(H2,11,13). The number of primary amides is 1. The van der Waals surface area contributed by atoms with Crippen molar-refractivity contribution >= 4 is 23.6 Å². The van der Waals surface area contributed by atoms with Crippen molar-refractivity contribution in [1.82, 2.24) is 9.97 Å². The molecule has 1 heterocycles. The number of carbonyl (C=O) groups excluding carboxylic acids is 1. The van der Waals surface area contributed by atoms with Crippen molar-refractivity contribution in [3.63, 3.8) is 0 Å². The third kappa shape index (κ3) is 2.74. The molecule has 1 aromatic heterocycles. The van der Waals surface area contributed by atoms with Crippen LogP contribution in [0.25, 0.3) is 6.08 Å². The number of hydrogen-bond donors (Lipinski definition) is 3. The van der Waals surface area contributed by atoms with Crippen LogP contribution in [-0.2, 0) is 4.79 Å². The van der Waals surface area contributed by atoms with Gasteiger partial charge in [0.2, 0.25) is 5.91 Å². The third-order valence-electron chi connectivity index (χ3n) is 1.46. The summed E-state index contributed by atoms with van der Waals surface area (Å²) >= 11 is 0. The molecular formula is C8H11N5O. The van der Waals surface area contributed by atoms with Crippen LogP contribution in [0.1, 0.15) is 12.1 Å². The molecule has 0 unspecified atom stereocenters. The van der Waals surface area contributed by atoms with Crippen LogP contribution in [0.4, 0.5) is 11.6 Å². The minimum Gasteiger partial charge on any atom is -0.381 e. The topological polar surface area (TPSA) is 121 Å². The van der Waals surface area contributed by atoms with Gasteiger partial charge in [-0.1, -0.05) is 6.08 Å². The first kappa shape index (κ1) is 9.97. The Hall–Kier alpha value is -2.11. The van der Waals surface area contributed by atoms with Crippen molar-refractivity contribution in [3.8, 4) is 0 Å². The first-order valence-corrected chi connectivity index (χ1v) is 3.92. The Labute approximate surface area is 80.8 Å². The van der Waals surface area contributed by atoms with Gasteiger partial charge in [-0.2, -0.15) is 0 Å². The Kier molecular flexibility index (Phi) is 3.01. The van der Waals surface area contributed by atoms with E-state index in [-0.39, 0.29) is 18.1 Å². The van der Waals surface area contributed by atoms with Crippen LogP contribution in [0, 0.1) is 0 Å². The number of hydrogen-bond acceptors (Lipinski definition) is 5. The Morgan fingerprint density at radius 3 is 2.71 bits per heavy atom. The first-order valence-electron chi connectivity index (χ1n) is 3.92. The average molecular weight is 193 g/mol. The number of anilines is 2. The molecule has 0 bridgehead atoms. The van der Waals surface area contributed by atoms with E-state index in [0.717, 1.165) is 0 Å². The number of amides is 1. The Morgan fingerprint density at radius 2 is 2.14 bits per heavy atom. The zero-order valence-electron chi connectivity index (χ0n) is 7.47. The van der Waals surface area contributed by atoms with E-state index in [2.05, 4.69) is 9.97 Å². The van der Waals surface area contributed by atoms with E-state index in [0.29, 0.717) is 5.69 Å². The van der Waals surface area contributed by atoms with E-state index >= 15 is 0 Å². The number of aromatic nitrogens is 2. The summed E-state index contributed by atoms with van der Waals surface area (Å²) in [5.74, 6) is -0.0408. The quantitative estimate of drug-likeness (QED) is 0.599. The van der Waals surface area contributed by atoms with E-state index in [9.17, 15) is 4.79 Å².